The van der Waals surface area contributed by atoms with Crippen LogP contribution in [-0.4, -0.2) is 5.11 Å². The third-order valence-corrected chi connectivity index (χ3v) is 3.23. The normalized spacial score (nSPS) is 12.4. The lowest BCUT2D eigenvalue weighted by atomic mass is 9.95. The summed E-state index contributed by atoms with van der Waals surface area (Å²) in [5.41, 5.74) is 10.8. The van der Waals surface area contributed by atoms with Gasteiger partial charge in [-0.2, -0.15) is 0 Å². The van der Waals surface area contributed by atoms with Crippen molar-refractivity contribution in [3.05, 3.63) is 70.3 Å². The SMILES string of the molecule is Cc1ccc(C)c(C(O)c2cccc(CN)c2)c1. The minimum Gasteiger partial charge on any atom is -0.384 e. The number of aliphatic hydroxyl groups excluding tert-OH is 1. The van der Waals surface area contributed by atoms with Gasteiger partial charge >= 0.3 is 0 Å². The Morgan fingerprint density at radius 3 is 2.61 bits per heavy atom. The minimum atomic E-state index is -0.587. The fourth-order valence-electron chi connectivity index (χ4n) is 2.12. The molecule has 3 N–H and O–H groups in total. The maximum Gasteiger partial charge on any atom is 0.104 e. The molecule has 0 bridgehead atoms. The summed E-state index contributed by atoms with van der Waals surface area (Å²) in [7, 11) is 0. The largest absolute Gasteiger partial charge is 0.384 e. The molecule has 0 saturated carbocycles. The van der Waals surface area contributed by atoms with Crippen molar-refractivity contribution in [2.45, 2.75) is 26.5 Å². The minimum absolute atomic E-state index is 0.493. The summed E-state index contributed by atoms with van der Waals surface area (Å²) in [6.07, 6.45) is -0.587. The monoisotopic (exact) mass is 241 g/mol. The number of benzene rings is 2. The standard InChI is InChI=1S/C16H19NO/c1-11-6-7-12(2)15(8-11)16(18)14-5-3-4-13(9-14)10-17/h3-9,16,18H,10,17H2,1-2H3. The average molecular weight is 241 g/mol. The van der Waals surface area contributed by atoms with Gasteiger partial charge in [-0.3, -0.25) is 0 Å². The van der Waals surface area contributed by atoms with Crippen LogP contribution in [-0.2, 0) is 6.54 Å². The molecule has 0 aliphatic carbocycles. The molecule has 0 saturated heterocycles. The molecular formula is C16H19NO. The fraction of sp³-hybridized carbons (Fsp3) is 0.250. The molecule has 2 rings (SSSR count). The van der Waals surface area contributed by atoms with E-state index in [9.17, 15) is 5.11 Å². The Balaban J connectivity index is 2.40. The zero-order valence-corrected chi connectivity index (χ0v) is 10.9. The number of rotatable bonds is 3. The van der Waals surface area contributed by atoms with E-state index in [2.05, 4.69) is 6.07 Å². The first-order chi connectivity index (χ1) is 8.61. The van der Waals surface area contributed by atoms with E-state index in [0.717, 1.165) is 27.8 Å². The molecule has 0 aromatic heterocycles. The van der Waals surface area contributed by atoms with Crippen molar-refractivity contribution >= 4 is 0 Å². The van der Waals surface area contributed by atoms with Gasteiger partial charge < -0.3 is 10.8 Å². The van der Waals surface area contributed by atoms with Crippen LogP contribution in [0.1, 0.15) is 33.9 Å². The Morgan fingerprint density at radius 2 is 1.89 bits per heavy atom. The van der Waals surface area contributed by atoms with E-state index in [1.165, 1.54) is 0 Å². The number of aryl methyl sites for hydroxylation is 2. The Morgan fingerprint density at radius 1 is 1.11 bits per heavy atom. The molecule has 94 valence electrons. The van der Waals surface area contributed by atoms with Crippen molar-refractivity contribution in [1.82, 2.24) is 0 Å². The van der Waals surface area contributed by atoms with Crippen LogP contribution in [0.5, 0.6) is 0 Å². The predicted octanol–water partition coefficient (Wildman–Crippen LogP) is 2.84. The highest BCUT2D eigenvalue weighted by Gasteiger charge is 2.13. The summed E-state index contributed by atoms with van der Waals surface area (Å²) in [5, 5.41) is 10.5. The second kappa shape index (κ2) is 5.34. The lowest BCUT2D eigenvalue weighted by Gasteiger charge is -2.15. The van der Waals surface area contributed by atoms with Crippen LogP contribution in [0.25, 0.3) is 0 Å². The van der Waals surface area contributed by atoms with Crippen molar-refractivity contribution in [3.8, 4) is 0 Å². The number of hydrogen-bond acceptors (Lipinski definition) is 2. The quantitative estimate of drug-likeness (QED) is 0.868. The summed E-state index contributed by atoms with van der Waals surface area (Å²) in [4.78, 5) is 0. The number of aliphatic hydroxyl groups is 1. The molecule has 18 heavy (non-hydrogen) atoms. The van der Waals surface area contributed by atoms with Crippen molar-refractivity contribution in [2.75, 3.05) is 0 Å². The van der Waals surface area contributed by atoms with Crippen LogP contribution >= 0.6 is 0 Å². The van der Waals surface area contributed by atoms with Gasteiger partial charge in [-0.1, -0.05) is 48.0 Å². The first kappa shape index (κ1) is 12.8. The molecule has 0 spiro atoms. The smallest absolute Gasteiger partial charge is 0.104 e. The van der Waals surface area contributed by atoms with Crippen molar-refractivity contribution < 1.29 is 5.11 Å². The summed E-state index contributed by atoms with van der Waals surface area (Å²) in [6, 6.07) is 13.9. The van der Waals surface area contributed by atoms with E-state index in [1.807, 2.05) is 50.2 Å². The van der Waals surface area contributed by atoms with Gasteiger partial charge in [-0.25, -0.2) is 0 Å². The molecule has 2 aromatic rings. The van der Waals surface area contributed by atoms with Crippen molar-refractivity contribution in [3.63, 3.8) is 0 Å². The molecule has 0 radical (unpaired) electrons. The van der Waals surface area contributed by atoms with Gasteiger partial charge in [0.15, 0.2) is 0 Å². The maximum absolute atomic E-state index is 10.5. The number of hydrogen-bond donors (Lipinski definition) is 2. The highest BCUT2D eigenvalue weighted by atomic mass is 16.3. The van der Waals surface area contributed by atoms with Crippen molar-refractivity contribution in [1.29, 1.82) is 0 Å². The van der Waals surface area contributed by atoms with E-state index < -0.39 is 6.10 Å². The van der Waals surface area contributed by atoms with Gasteiger partial charge in [-0.15, -0.1) is 0 Å². The second-order valence-electron chi connectivity index (χ2n) is 4.71. The summed E-state index contributed by atoms with van der Waals surface area (Å²) in [6.45, 7) is 4.55. The summed E-state index contributed by atoms with van der Waals surface area (Å²) < 4.78 is 0. The Kier molecular flexibility index (Phi) is 3.80. The van der Waals surface area contributed by atoms with E-state index in [1.54, 1.807) is 0 Å². The average Bonchev–Trinajstić information content (AvgIpc) is 2.41. The van der Waals surface area contributed by atoms with Gasteiger partial charge in [0.1, 0.15) is 6.10 Å². The van der Waals surface area contributed by atoms with Crippen LogP contribution in [0, 0.1) is 13.8 Å². The van der Waals surface area contributed by atoms with E-state index >= 15 is 0 Å². The third kappa shape index (κ3) is 2.61. The lowest BCUT2D eigenvalue weighted by Crippen LogP contribution is -2.04. The fourth-order valence-corrected chi connectivity index (χ4v) is 2.12. The zero-order chi connectivity index (χ0) is 13.1. The molecule has 0 amide bonds. The van der Waals surface area contributed by atoms with E-state index in [-0.39, 0.29) is 0 Å². The highest BCUT2D eigenvalue weighted by Crippen LogP contribution is 2.26. The molecule has 2 aromatic carbocycles. The molecule has 0 fully saturated rings. The van der Waals surface area contributed by atoms with Crippen LogP contribution in [0.4, 0.5) is 0 Å². The van der Waals surface area contributed by atoms with Gasteiger partial charge in [0.25, 0.3) is 0 Å². The Labute approximate surface area is 108 Å². The zero-order valence-electron chi connectivity index (χ0n) is 10.9. The molecular weight excluding hydrogens is 222 g/mol. The molecule has 2 heteroatoms. The summed E-state index contributed by atoms with van der Waals surface area (Å²) >= 11 is 0. The van der Waals surface area contributed by atoms with E-state index in [0.29, 0.717) is 6.54 Å². The third-order valence-electron chi connectivity index (χ3n) is 3.23. The van der Waals surface area contributed by atoms with Gasteiger partial charge in [-0.05, 0) is 36.1 Å². The van der Waals surface area contributed by atoms with Crippen LogP contribution < -0.4 is 5.73 Å². The Bertz CT molecular complexity index is 549. The second-order valence-corrected chi connectivity index (χ2v) is 4.71. The molecule has 0 heterocycles. The molecule has 1 unspecified atom stereocenters. The molecule has 1 atom stereocenters. The highest BCUT2D eigenvalue weighted by molar-refractivity contribution is 5.38. The topological polar surface area (TPSA) is 46.2 Å². The van der Waals surface area contributed by atoms with Crippen LogP contribution in [0.3, 0.4) is 0 Å². The molecule has 2 nitrogen and oxygen atoms in total. The van der Waals surface area contributed by atoms with Gasteiger partial charge in [0.05, 0.1) is 0 Å². The first-order valence-electron chi connectivity index (χ1n) is 6.16. The maximum atomic E-state index is 10.5. The van der Waals surface area contributed by atoms with E-state index in [4.69, 9.17) is 5.73 Å². The van der Waals surface area contributed by atoms with Crippen LogP contribution in [0.15, 0.2) is 42.5 Å². The molecule has 0 aliphatic heterocycles. The van der Waals surface area contributed by atoms with Gasteiger partial charge in [0, 0.05) is 6.54 Å². The number of nitrogens with two attached hydrogens (primary N) is 1. The Hall–Kier alpha value is -1.64. The lowest BCUT2D eigenvalue weighted by molar-refractivity contribution is 0.219. The molecule has 0 aliphatic rings. The first-order valence-corrected chi connectivity index (χ1v) is 6.16. The van der Waals surface area contributed by atoms with Crippen LogP contribution in [0.2, 0.25) is 0 Å². The predicted molar refractivity (Wildman–Crippen MR) is 74.3 cm³/mol. The van der Waals surface area contributed by atoms with Gasteiger partial charge in [0.2, 0.25) is 0 Å². The van der Waals surface area contributed by atoms with Crippen molar-refractivity contribution in [2.24, 2.45) is 5.73 Å². The summed E-state index contributed by atoms with van der Waals surface area (Å²) in [5.74, 6) is 0.